The Morgan fingerprint density at radius 2 is 1.90 bits per heavy atom. The Bertz CT molecular complexity index is 89.3. The Kier molecular flexibility index (Phi) is 3.16. The van der Waals surface area contributed by atoms with Gasteiger partial charge in [0.25, 0.3) is 0 Å². The lowest BCUT2D eigenvalue weighted by atomic mass is 10.1. The minimum Gasteiger partial charge on any atom is -0.395 e. The van der Waals surface area contributed by atoms with Crippen molar-refractivity contribution in [1.82, 2.24) is 4.90 Å². The summed E-state index contributed by atoms with van der Waals surface area (Å²) in [5.74, 6) is 0. The Morgan fingerprint density at radius 3 is 2.40 bits per heavy atom. The van der Waals surface area contributed by atoms with E-state index in [4.69, 9.17) is 5.11 Å². The summed E-state index contributed by atoms with van der Waals surface area (Å²) < 4.78 is 0. The number of aliphatic hydroxyl groups excluding tert-OH is 1. The molecule has 0 unspecified atom stereocenters. The second-order valence-electron chi connectivity index (χ2n) is 3.13. The highest BCUT2D eigenvalue weighted by atomic mass is 16.3. The summed E-state index contributed by atoms with van der Waals surface area (Å²) >= 11 is 0. The van der Waals surface area contributed by atoms with E-state index >= 15 is 0 Å². The van der Waals surface area contributed by atoms with Crippen LogP contribution < -0.4 is 0 Å². The summed E-state index contributed by atoms with van der Waals surface area (Å²) in [6.07, 6.45) is 3.99. The van der Waals surface area contributed by atoms with Crippen molar-refractivity contribution in [2.75, 3.05) is 19.7 Å². The number of hydrogen-bond acceptors (Lipinski definition) is 2. The predicted octanol–water partition coefficient (Wildman–Crippen LogP) is 0.853. The van der Waals surface area contributed by atoms with E-state index in [1.165, 1.54) is 32.4 Å². The molecule has 0 amide bonds. The topological polar surface area (TPSA) is 23.5 Å². The van der Waals surface area contributed by atoms with E-state index in [1.807, 2.05) is 0 Å². The second kappa shape index (κ2) is 3.94. The highest BCUT2D eigenvalue weighted by molar-refractivity contribution is 4.69. The molecule has 1 atom stereocenters. The molecule has 2 nitrogen and oxygen atoms in total. The normalized spacial score (nSPS) is 24.6. The predicted molar refractivity (Wildman–Crippen MR) is 42.0 cm³/mol. The molecular weight excluding hydrogens is 126 g/mol. The smallest absolute Gasteiger partial charge is 0.0584 e. The molecule has 10 heavy (non-hydrogen) atoms. The number of rotatable bonds is 2. The van der Waals surface area contributed by atoms with E-state index < -0.39 is 0 Å². The molecule has 60 valence electrons. The third kappa shape index (κ3) is 1.96. The van der Waals surface area contributed by atoms with Crippen LogP contribution in [0.5, 0.6) is 0 Å². The zero-order chi connectivity index (χ0) is 7.40. The lowest BCUT2D eigenvalue weighted by Gasteiger charge is -2.30. The van der Waals surface area contributed by atoms with Crippen molar-refractivity contribution in [3.63, 3.8) is 0 Å². The van der Waals surface area contributed by atoms with Crippen LogP contribution in [-0.4, -0.2) is 35.7 Å². The van der Waals surface area contributed by atoms with Crippen LogP contribution in [0.3, 0.4) is 0 Å². The first-order chi connectivity index (χ1) is 4.84. The lowest BCUT2D eigenvalue weighted by Crippen LogP contribution is -2.39. The van der Waals surface area contributed by atoms with Gasteiger partial charge in [-0.2, -0.15) is 0 Å². The maximum Gasteiger partial charge on any atom is 0.0584 e. The van der Waals surface area contributed by atoms with Crippen LogP contribution in [0.15, 0.2) is 0 Å². The van der Waals surface area contributed by atoms with Crippen LogP contribution in [0.1, 0.15) is 26.2 Å². The van der Waals surface area contributed by atoms with Gasteiger partial charge in [0.2, 0.25) is 0 Å². The van der Waals surface area contributed by atoms with Gasteiger partial charge in [0, 0.05) is 6.04 Å². The van der Waals surface area contributed by atoms with E-state index in [9.17, 15) is 0 Å². The molecule has 0 aliphatic carbocycles. The molecule has 2 heteroatoms. The van der Waals surface area contributed by atoms with E-state index in [2.05, 4.69) is 11.8 Å². The molecule has 0 aromatic heterocycles. The van der Waals surface area contributed by atoms with Gasteiger partial charge >= 0.3 is 0 Å². The largest absolute Gasteiger partial charge is 0.395 e. The van der Waals surface area contributed by atoms with E-state index in [-0.39, 0.29) is 0 Å². The van der Waals surface area contributed by atoms with Crippen molar-refractivity contribution in [2.24, 2.45) is 0 Å². The molecule has 0 radical (unpaired) electrons. The van der Waals surface area contributed by atoms with Gasteiger partial charge in [-0.3, -0.25) is 4.90 Å². The average molecular weight is 143 g/mol. The summed E-state index contributed by atoms with van der Waals surface area (Å²) in [7, 11) is 0. The van der Waals surface area contributed by atoms with Crippen LogP contribution in [0.4, 0.5) is 0 Å². The summed E-state index contributed by atoms with van der Waals surface area (Å²) in [4.78, 5) is 2.36. The second-order valence-corrected chi connectivity index (χ2v) is 3.13. The Morgan fingerprint density at radius 1 is 1.30 bits per heavy atom. The third-order valence-electron chi connectivity index (χ3n) is 2.28. The third-order valence-corrected chi connectivity index (χ3v) is 2.28. The van der Waals surface area contributed by atoms with Gasteiger partial charge in [-0.1, -0.05) is 6.42 Å². The van der Waals surface area contributed by atoms with Crippen molar-refractivity contribution in [3.05, 3.63) is 0 Å². The molecule has 1 saturated heterocycles. The van der Waals surface area contributed by atoms with Gasteiger partial charge in [-0.25, -0.2) is 0 Å². The summed E-state index contributed by atoms with van der Waals surface area (Å²) in [5.41, 5.74) is 0. The Labute approximate surface area is 62.8 Å². The summed E-state index contributed by atoms with van der Waals surface area (Å²) in [5, 5.41) is 8.85. The maximum absolute atomic E-state index is 8.85. The summed E-state index contributed by atoms with van der Waals surface area (Å²) in [6, 6.07) is 0.375. The van der Waals surface area contributed by atoms with Gasteiger partial charge in [-0.05, 0) is 32.9 Å². The monoisotopic (exact) mass is 143 g/mol. The van der Waals surface area contributed by atoms with Crippen molar-refractivity contribution in [2.45, 2.75) is 32.2 Å². The highest BCUT2D eigenvalue weighted by Gasteiger charge is 2.14. The summed E-state index contributed by atoms with van der Waals surface area (Å²) in [6.45, 7) is 4.76. The quantitative estimate of drug-likeness (QED) is 0.619. The Balaban J connectivity index is 2.24. The highest BCUT2D eigenvalue weighted by Crippen LogP contribution is 2.10. The molecule has 1 aliphatic heterocycles. The number of nitrogens with zero attached hydrogens (tertiary/aromatic N) is 1. The van der Waals surface area contributed by atoms with Gasteiger partial charge in [0.1, 0.15) is 0 Å². The average Bonchev–Trinajstić information content (AvgIpc) is 2.05. The fourth-order valence-corrected chi connectivity index (χ4v) is 1.47. The molecular formula is C8H17NO. The van der Waals surface area contributed by atoms with Crippen LogP contribution >= 0.6 is 0 Å². The minimum absolute atomic E-state index is 0.306. The molecule has 0 bridgehead atoms. The van der Waals surface area contributed by atoms with Gasteiger partial charge in [-0.15, -0.1) is 0 Å². The molecule has 1 aliphatic rings. The fraction of sp³-hybridized carbons (Fsp3) is 1.00. The van der Waals surface area contributed by atoms with E-state index in [0.29, 0.717) is 12.6 Å². The standard InChI is InChI=1S/C8H17NO/c1-8(7-10)9-5-3-2-4-6-9/h8,10H,2-7H2,1H3/t8-/m1/s1. The number of piperidine rings is 1. The first-order valence-corrected chi connectivity index (χ1v) is 4.19. The van der Waals surface area contributed by atoms with Crippen LogP contribution in [0, 0.1) is 0 Å². The van der Waals surface area contributed by atoms with Gasteiger partial charge in [0.05, 0.1) is 6.61 Å². The first kappa shape index (κ1) is 8.02. The maximum atomic E-state index is 8.85. The molecule has 1 N–H and O–H groups in total. The van der Waals surface area contributed by atoms with Crippen molar-refractivity contribution < 1.29 is 5.11 Å². The first-order valence-electron chi connectivity index (χ1n) is 4.19. The van der Waals surface area contributed by atoms with Gasteiger partial charge < -0.3 is 5.11 Å². The van der Waals surface area contributed by atoms with Crippen molar-refractivity contribution in [3.8, 4) is 0 Å². The zero-order valence-corrected chi connectivity index (χ0v) is 6.71. The molecule has 1 fully saturated rings. The molecule has 0 aromatic carbocycles. The van der Waals surface area contributed by atoms with Crippen molar-refractivity contribution >= 4 is 0 Å². The fourth-order valence-electron chi connectivity index (χ4n) is 1.47. The lowest BCUT2D eigenvalue weighted by molar-refractivity contribution is 0.115. The number of likely N-dealkylation sites (tertiary alicyclic amines) is 1. The minimum atomic E-state index is 0.306. The van der Waals surface area contributed by atoms with Gasteiger partial charge in [0.15, 0.2) is 0 Å². The van der Waals surface area contributed by atoms with Crippen LogP contribution in [0.25, 0.3) is 0 Å². The Hall–Kier alpha value is -0.0800. The van der Waals surface area contributed by atoms with Crippen LogP contribution in [-0.2, 0) is 0 Å². The van der Waals surface area contributed by atoms with Crippen LogP contribution in [0.2, 0.25) is 0 Å². The zero-order valence-electron chi connectivity index (χ0n) is 6.71. The molecule has 0 aromatic rings. The van der Waals surface area contributed by atoms with E-state index in [1.54, 1.807) is 0 Å². The molecule has 0 spiro atoms. The molecule has 1 heterocycles. The van der Waals surface area contributed by atoms with E-state index in [0.717, 1.165) is 0 Å². The SMILES string of the molecule is C[C@H](CO)N1CCCCC1. The molecule has 1 rings (SSSR count). The number of aliphatic hydroxyl groups is 1. The molecule has 0 saturated carbocycles. The van der Waals surface area contributed by atoms with Crippen molar-refractivity contribution in [1.29, 1.82) is 0 Å². The number of hydrogen-bond donors (Lipinski definition) is 1.